The van der Waals surface area contributed by atoms with E-state index < -0.39 is 29.1 Å². The van der Waals surface area contributed by atoms with Gasteiger partial charge in [0.15, 0.2) is 11.5 Å². The standard InChI is InChI=1S/C18H21N3O7/c1-20-16(24)11(17(25)21(2)18(20)26)9-19-12(8-15(22)23)10-5-6-13(27-3)14(7-10)28-4/h5-7,9,12,24H,8H2,1-4H3,(H,22,23). The van der Waals surface area contributed by atoms with Crippen molar-refractivity contribution in [1.29, 1.82) is 0 Å². The molecular formula is C18H21N3O7. The van der Waals surface area contributed by atoms with Gasteiger partial charge in [-0.05, 0) is 17.7 Å². The van der Waals surface area contributed by atoms with Crippen LogP contribution in [0.2, 0.25) is 0 Å². The van der Waals surface area contributed by atoms with Gasteiger partial charge in [0.05, 0.1) is 26.7 Å². The van der Waals surface area contributed by atoms with Crippen LogP contribution in [0.15, 0.2) is 32.8 Å². The molecule has 0 aliphatic heterocycles. The van der Waals surface area contributed by atoms with Crippen LogP contribution in [0, 0.1) is 0 Å². The molecule has 1 unspecified atom stereocenters. The molecule has 0 saturated carbocycles. The summed E-state index contributed by atoms with van der Waals surface area (Å²) in [5, 5.41) is 19.3. The summed E-state index contributed by atoms with van der Waals surface area (Å²) in [7, 11) is 5.49. The van der Waals surface area contributed by atoms with Crippen molar-refractivity contribution in [3.05, 3.63) is 50.2 Å². The number of aliphatic carboxylic acids is 1. The number of benzene rings is 1. The van der Waals surface area contributed by atoms with Gasteiger partial charge in [-0.2, -0.15) is 0 Å². The van der Waals surface area contributed by atoms with E-state index in [9.17, 15) is 24.6 Å². The van der Waals surface area contributed by atoms with Crippen LogP contribution in [0.1, 0.15) is 23.6 Å². The number of carbonyl (C=O) groups is 1. The van der Waals surface area contributed by atoms with E-state index in [0.717, 1.165) is 15.3 Å². The van der Waals surface area contributed by atoms with E-state index in [1.807, 2.05) is 0 Å². The number of methoxy groups -OCH3 is 2. The number of hydrogen-bond donors (Lipinski definition) is 2. The van der Waals surface area contributed by atoms with Crippen LogP contribution in [-0.4, -0.2) is 45.8 Å². The molecule has 10 heteroatoms. The molecular weight excluding hydrogens is 370 g/mol. The molecule has 1 aromatic heterocycles. The van der Waals surface area contributed by atoms with Gasteiger partial charge in [-0.15, -0.1) is 0 Å². The normalized spacial score (nSPS) is 12.1. The minimum Gasteiger partial charge on any atom is -0.494 e. The Kier molecular flexibility index (Phi) is 6.24. The summed E-state index contributed by atoms with van der Waals surface area (Å²) in [4.78, 5) is 39.5. The molecule has 10 nitrogen and oxygen atoms in total. The van der Waals surface area contributed by atoms with Crippen molar-refractivity contribution in [2.45, 2.75) is 12.5 Å². The Balaban J connectivity index is 2.54. The highest BCUT2D eigenvalue weighted by molar-refractivity contribution is 5.82. The first-order chi connectivity index (χ1) is 13.2. The van der Waals surface area contributed by atoms with E-state index >= 15 is 0 Å². The average molecular weight is 391 g/mol. The molecule has 0 spiro atoms. The Morgan fingerprint density at radius 3 is 2.39 bits per heavy atom. The summed E-state index contributed by atoms with van der Waals surface area (Å²) in [6, 6.07) is 3.97. The summed E-state index contributed by atoms with van der Waals surface area (Å²) >= 11 is 0. The van der Waals surface area contributed by atoms with Crippen molar-refractivity contribution >= 4 is 12.2 Å². The lowest BCUT2D eigenvalue weighted by Crippen LogP contribution is -2.38. The van der Waals surface area contributed by atoms with Gasteiger partial charge in [-0.1, -0.05) is 6.07 Å². The number of aromatic hydroxyl groups is 1. The highest BCUT2D eigenvalue weighted by Crippen LogP contribution is 2.32. The van der Waals surface area contributed by atoms with Gasteiger partial charge in [0.25, 0.3) is 5.56 Å². The van der Waals surface area contributed by atoms with Crippen molar-refractivity contribution in [3.63, 3.8) is 0 Å². The Morgan fingerprint density at radius 1 is 1.18 bits per heavy atom. The molecule has 2 rings (SSSR count). The number of aromatic nitrogens is 2. The number of carboxylic acid groups (broad SMARTS) is 1. The summed E-state index contributed by atoms with van der Waals surface area (Å²) in [6.45, 7) is 0. The Hall–Kier alpha value is -3.56. The molecule has 0 saturated heterocycles. The van der Waals surface area contributed by atoms with E-state index in [-0.39, 0.29) is 12.0 Å². The molecule has 0 bridgehead atoms. The molecule has 0 aliphatic rings. The second-order valence-corrected chi connectivity index (χ2v) is 5.95. The average Bonchev–Trinajstić information content (AvgIpc) is 2.69. The van der Waals surface area contributed by atoms with E-state index in [0.29, 0.717) is 17.1 Å². The fourth-order valence-electron chi connectivity index (χ4n) is 2.62. The minimum absolute atomic E-state index is 0.222. The van der Waals surface area contributed by atoms with Gasteiger partial charge in [0.1, 0.15) is 5.56 Å². The zero-order chi connectivity index (χ0) is 21.0. The van der Waals surface area contributed by atoms with Crippen molar-refractivity contribution in [2.24, 2.45) is 19.1 Å². The zero-order valence-corrected chi connectivity index (χ0v) is 15.9. The van der Waals surface area contributed by atoms with Crippen molar-refractivity contribution < 1.29 is 24.5 Å². The first-order valence-corrected chi connectivity index (χ1v) is 8.17. The van der Waals surface area contributed by atoms with Crippen LogP contribution in [0.4, 0.5) is 0 Å². The van der Waals surface area contributed by atoms with Crippen molar-refractivity contribution in [3.8, 4) is 17.4 Å². The predicted molar refractivity (Wildman–Crippen MR) is 101 cm³/mol. The molecule has 150 valence electrons. The van der Waals surface area contributed by atoms with Gasteiger partial charge in [0, 0.05) is 20.3 Å². The number of ether oxygens (including phenoxy) is 2. The van der Waals surface area contributed by atoms with Crippen LogP contribution in [0.25, 0.3) is 0 Å². The smallest absolute Gasteiger partial charge is 0.333 e. The highest BCUT2D eigenvalue weighted by Gasteiger charge is 2.18. The highest BCUT2D eigenvalue weighted by atomic mass is 16.5. The first-order valence-electron chi connectivity index (χ1n) is 8.17. The summed E-state index contributed by atoms with van der Waals surface area (Å²) in [5.74, 6) is -0.798. The minimum atomic E-state index is -1.10. The van der Waals surface area contributed by atoms with Crippen LogP contribution in [0.3, 0.4) is 0 Å². The van der Waals surface area contributed by atoms with Gasteiger partial charge < -0.3 is 19.7 Å². The lowest BCUT2D eigenvalue weighted by Gasteiger charge is -2.14. The SMILES string of the molecule is COc1ccc(C(CC(=O)O)N=Cc2c(O)n(C)c(=O)n(C)c2=O)cc1OC. The monoisotopic (exact) mass is 391 g/mol. The molecule has 1 aromatic carbocycles. The van der Waals surface area contributed by atoms with Gasteiger partial charge >= 0.3 is 11.7 Å². The van der Waals surface area contributed by atoms with Gasteiger partial charge in [0.2, 0.25) is 5.88 Å². The largest absolute Gasteiger partial charge is 0.494 e. The molecule has 1 heterocycles. The number of carboxylic acids is 1. The van der Waals surface area contributed by atoms with E-state index in [1.165, 1.54) is 28.3 Å². The fourth-order valence-corrected chi connectivity index (χ4v) is 2.62. The maximum Gasteiger partial charge on any atom is 0.333 e. The molecule has 0 aliphatic carbocycles. The maximum atomic E-state index is 12.3. The van der Waals surface area contributed by atoms with E-state index in [1.54, 1.807) is 18.2 Å². The summed E-state index contributed by atoms with van der Waals surface area (Å²) in [6.07, 6.45) is 0.709. The summed E-state index contributed by atoms with van der Waals surface area (Å²) < 4.78 is 12.1. The lowest BCUT2D eigenvalue weighted by molar-refractivity contribution is -0.137. The number of aliphatic imine (C=N–C) groups is 1. The topological polar surface area (TPSA) is 132 Å². The van der Waals surface area contributed by atoms with Crippen LogP contribution >= 0.6 is 0 Å². The molecule has 0 amide bonds. The molecule has 2 N–H and O–H groups in total. The molecule has 0 fully saturated rings. The Morgan fingerprint density at radius 2 is 1.82 bits per heavy atom. The Bertz CT molecular complexity index is 1040. The fraction of sp³-hybridized carbons (Fsp3) is 0.333. The molecule has 2 aromatic rings. The summed E-state index contributed by atoms with van der Waals surface area (Å²) in [5.41, 5.74) is -1.15. The predicted octanol–water partition coefficient (Wildman–Crippen LogP) is 0.442. The van der Waals surface area contributed by atoms with Crippen LogP contribution in [0.5, 0.6) is 17.4 Å². The lowest BCUT2D eigenvalue weighted by atomic mass is 10.0. The number of rotatable bonds is 7. The third-order valence-electron chi connectivity index (χ3n) is 4.21. The third-order valence-corrected chi connectivity index (χ3v) is 4.21. The Labute approximate surface area is 159 Å². The molecule has 28 heavy (non-hydrogen) atoms. The molecule has 1 atom stereocenters. The van der Waals surface area contributed by atoms with Crippen molar-refractivity contribution in [2.75, 3.05) is 14.2 Å². The van der Waals surface area contributed by atoms with E-state index in [4.69, 9.17) is 9.47 Å². The number of hydrogen-bond acceptors (Lipinski definition) is 7. The second-order valence-electron chi connectivity index (χ2n) is 5.95. The first kappa shape index (κ1) is 20.7. The quantitative estimate of drug-likeness (QED) is 0.655. The van der Waals surface area contributed by atoms with Gasteiger partial charge in [-0.25, -0.2) is 4.79 Å². The number of nitrogens with zero attached hydrogens (tertiary/aromatic N) is 3. The van der Waals surface area contributed by atoms with E-state index in [2.05, 4.69) is 4.99 Å². The van der Waals surface area contributed by atoms with Crippen LogP contribution in [-0.2, 0) is 18.9 Å². The molecule has 0 radical (unpaired) electrons. The van der Waals surface area contributed by atoms with Gasteiger partial charge in [-0.3, -0.25) is 23.7 Å². The zero-order valence-electron chi connectivity index (χ0n) is 15.9. The van der Waals surface area contributed by atoms with Crippen LogP contribution < -0.4 is 20.7 Å². The third kappa shape index (κ3) is 4.05. The second kappa shape index (κ2) is 8.42. The maximum absolute atomic E-state index is 12.3. The van der Waals surface area contributed by atoms with Crippen molar-refractivity contribution in [1.82, 2.24) is 9.13 Å².